The van der Waals surface area contributed by atoms with Crippen LogP contribution in [0.2, 0.25) is 0 Å². The lowest BCUT2D eigenvalue weighted by Gasteiger charge is -2.11. The maximum Gasteiger partial charge on any atom is 0.303 e. The molecule has 0 fully saturated rings. The van der Waals surface area contributed by atoms with Crippen LogP contribution in [0, 0.1) is 13.8 Å². The molecule has 0 spiro atoms. The Bertz CT molecular complexity index is 559. The standard InChI is InChI=1S/C13H18O4S/c1-9-7-12(18(3,16)17)8-11(10(9)2)5-4-6-13(14)15/h7-8H,4-6H2,1-3H3,(H,14,15). The van der Waals surface area contributed by atoms with E-state index in [9.17, 15) is 13.2 Å². The van der Waals surface area contributed by atoms with Gasteiger partial charge in [0.25, 0.3) is 0 Å². The highest BCUT2D eigenvalue weighted by atomic mass is 32.2. The summed E-state index contributed by atoms with van der Waals surface area (Å²) in [5, 5.41) is 8.60. The van der Waals surface area contributed by atoms with Crippen LogP contribution in [0.4, 0.5) is 0 Å². The first-order chi connectivity index (χ1) is 8.21. The van der Waals surface area contributed by atoms with Crippen LogP contribution in [-0.4, -0.2) is 25.7 Å². The van der Waals surface area contributed by atoms with Crippen molar-refractivity contribution in [2.24, 2.45) is 0 Å². The number of aryl methyl sites for hydroxylation is 2. The lowest BCUT2D eigenvalue weighted by Crippen LogP contribution is -2.03. The maximum atomic E-state index is 11.5. The summed E-state index contributed by atoms with van der Waals surface area (Å²) in [5.74, 6) is -0.830. The average Bonchev–Trinajstić information content (AvgIpc) is 2.22. The van der Waals surface area contributed by atoms with Crippen LogP contribution in [0.3, 0.4) is 0 Å². The van der Waals surface area contributed by atoms with Crippen LogP contribution in [0.1, 0.15) is 29.5 Å². The fraction of sp³-hybridized carbons (Fsp3) is 0.462. The van der Waals surface area contributed by atoms with Gasteiger partial charge in [-0.25, -0.2) is 8.42 Å². The third kappa shape index (κ3) is 3.84. The Morgan fingerprint density at radius 3 is 2.39 bits per heavy atom. The molecule has 0 atom stereocenters. The molecule has 0 aromatic heterocycles. The molecule has 1 aromatic carbocycles. The molecule has 0 aliphatic carbocycles. The van der Waals surface area contributed by atoms with Crippen LogP contribution in [0.15, 0.2) is 17.0 Å². The van der Waals surface area contributed by atoms with Gasteiger partial charge in [0.15, 0.2) is 9.84 Å². The Balaban J connectivity index is 3.04. The van der Waals surface area contributed by atoms with Gasteiger partial charge in [-0.1, -0.05) is 0 Å². The summed E-state index contributed by atoms with van der Waals surface area (Å²) >= 11 is 0. The molecule has 18 heavy (non-hydrogen) atoms. The van der Waals surface area contributed by atoms with E-state index >= 15 is 0 Å². The summed E-state index contributed by atoms with van der Waals surface area (Å²) in [7, 11) is -3.22. The summed E-state index contributed by atoms with van der Waals surface area (Å²) in [6, 6.07) is 3.31. The second-order valence-electron chi connectivity index (χ2n) is 4.54. The molecule has 1 aromatic rings. The molecule has 0 heterocycles. The number of aliphatic carboxylic acids is 1. The van der Waals surface area contributed by atoms with E-state index in [0.29, 0.717) is 17.7 Å². The lowest BCUT2D eigenvalue weighted by molar-refractivity contribution is -0.137. The van der Waals surface area contributed by atoms with Crippen molar-refractivity contribution in [3.8, 4) is 0 Å². The van der Waals surface area contributed by atoms with Crippen LogP contribution in [0.5, 0.6) is 0 Å². The number of sulfone groups is 1. The monoisotopic (exact) mass is 270 g/mol. The summed E-state index contributed by atoms with van der Waals surface area (Å²) < 4.78 is 23.1. The summed E-state index contributed by atoms with van der Waals surface area (Å²) in [6.45, 7) is 3.79. The van der Waals surface area contributed by atoms with Crippen molar-refractivity contribution in [3.63, 3.8) is 0 Å². The Morgan fingerprint density at radius 2 is 1.89 bits per heavy atom. The molecule has 0 bridgehead atoms. The van der Waals surface area contributed by atoms with Gasteiger partial charge in [-0.15, -0.1) is 0 Å². The van der Waals surface area contributed by atoms with Gasteiger partial charge >= 0.3 is 5.97 Å². The Kier molecular flexibility index (Phi) is 4.51. The van der Waals surface area contributed by atoms with E-state index < -0.39 is 15.8 Å². The smallest absolute Gasteiger partial charge is 0.303 e. The fourth-order valence-corrected chi connectivity index (χ4v) is 2.55. The highest BCUT2D eigenvalue weighted by Crippen LogP contribution is 2.21. The zero-order valence-corrected chi connectivity index (χ0v) is 11.7. The topological polar surface area (TPSA) is 71.4 Å². The van der Waals surface area contributed by atoms with Crippen molar-refractivity contribution in [1.82, 2.24) is 0 Å². The van der Waals surface area contributed by atoms with E-state index in [4.69, 9.17) is 5.11 Å². The van der Waals surface area contributed by atoms with E-state index in [0.717, 1.165) is 16.7 Å². The van der Waals surface area contributed by atoms with E-state index in [1.165, 1.54) is 6.26 Å². The van der Waals surface area contributed by atoms with Crippen molar-refractivity contribution < 1.29 is 18.3 Å². The SMILES string of the molecule is Cc1cc(S(C)(=O)=O)cc(CCCC(=O)O)c1C. The first kappa shape index (κ1) is 14.7. The first-order valence-corrected chi connectivity index (χ1v) is 7.63. The molecule has 0 radical (unpaired) electrons. The van der Waals surface area contributed by atoms with Gasteiger partial charge in [0.1, 0.15) is 0 Å². The molecule has 1 N–H and O–H groups in total. The predicted molar refractivity (Wildman–Crippen MR) is 69.6 cm³/mol. The molecule has 0 aliphatic rings. The van der Waals surface area contributed by atoms with Crippen LogP contribution < -0.4 is 0 Å². The molecule has 0 saturated carbocycles. The van der Waals surface area contributed by atoms with Crippen molar-refractivity contribution in [3.05, 3.63) is 28.8 Å². The third-order valence-corrected chi connectivity index (χ3v) is 4.11. The van der Waals surface area contributed by atoms with Crippen molar-refractivity contribution in [2.45, 2.75) is 38.0 Å². The highest BCUT2D eigenvalue weighted by Gasteiger charge is 2.12. The minimum atomic E-state index is -3.22. The quantitative estimate of drug-likeness (QED) is 0.889. The number of carboxylic acid groups (broad SMARTS) is 1. The fourth-order valence-electron chi connectivity index (χ4n) is 1.80. The highest BCUT2D eigenvalue weighted by molar-refractivity contribution is 7.90. The number of benzene rings is 1. The molecule has 0 unspecified atom stereocenters. The van der Waals surface area contributed by atoms with Crippen molar-refractivity contribution in [1.29, 1.82) is 0 Å². The van der Waals surface area contributed by atoms with E-state index in [2.05, 4.69) is 0 Å². The third-order valence-electron chi connectivity index (χ3n) is 3.01. The predicted octanol–water partition coefficient (Wildman–Crippen LogP) is 2.11. The Morgan fingerprint density at radius 1 is 1.28 bits per heavy atom. The maximum absolute atomic E-state index is 11.5. The molecule has 0 saturated heterocycles. The van der Waals surface area contributed by atoms with Gasteiger partial charge < -0.3 is 5.11 Å². The molecule has 5 heteroatoms. The van der Waals surface area contributed by atoms with Gasteiger partial charge in [-0.05, 0) is 55.5 Å². The van der Waals surface area contributed by atoms with Gasteiger partial charge in [-0.3, -0.25) is 4.79 Å². The zero-order chi connectivity index (χ0) is 13.9. The first-order valence-electron chi connectivity index (χ1n) is 5.74. The van der Waals surface area contributed by atoms with Gasteiger partial charge in [0.2, 0.25) is 0 Å². The van der Waals surface area contributed by atoms with Crippen LogP contribution in [-0.2, 0) is 21.1 Å². The Hall–Kier alpha value is -1.36. The average molecular weight is 270 g/mol. The summed E-state index contributed by atoms with van der Waals surface area (Å²) in [5.41, 5.74) is 2.87. The van der Waals surface area contributed by atoms with Crippen molar-refractivity contribution in [2.75, 3.05) is 6.26 Å². The second-order valence-corrected chi connectivity index (χ2v) is 6.56. The van der Waals surface area contributed by atoms with Crippen LogP contribution in [0.25, 0.3) is 0 Å². The summed E-state index contributed by atoms with van der Waals surface area (Å²) in [4.78, 5) is 10.8. The number of carboxylic acids is 1. The van der Waals surface area contributed by atoms with Crippen LogP contribution >= 0.6 is 0 Å². The molecule has 100 valence electrons. The molecule has 4 nitrogen and oxygen atoms in total. The van der Waals surface area contributed by atoms with E-state index in [1.807, 2.05) is 13.8 Å². The normalized spacial score (nSPS) is 11.5. The molecule has 1 rings (SSSR count). The molecule has 0 amide bonds. The second kappa shape index (κ2) is 5.52. The number of rotatable bonds is 5. The number of carbonyl (C=O) groups is 1. The number of hydrogen-bond acceptors (Lipinski definition) is 3. The van der Waals surface area contributed by atoms with Gasteiger partial charge in [0, 0.05) is 12.7 Å². The largest absolute Gasteiger partial charge is 0.481 e. The van der Waals surface area contributed by atoms with E-state index in [-0.39, 0.29) is 6.42 Å². The summed E-state index contributed by atoms with van der Waals surface area (Å²) in [6.07, 6.45) is 2.38. The van der Waals surface area contributed by atoms with Crippen molar-refractivity contribution >= 4 is 15.8 Å². The van der Waals surface area contributed by atoms with E-state index in [1.54, 1.807) is 12.1 Å². The molecular weight excluding hydrogens is 252 g/mol. The van der Waals surface area contributed by atoms with Gasteiger partial charge in [-0.2, -0.15) is 0 Å². The van der Waals surface area contributed by atoms with Gasteiger partial charge in [0.05, 0.1) is 4.90 Å². The minimum absolute atomic E-state index is 0.0988. The number of hydrogen-bond donors (Lipinski definition) is 1. The lowest BCUT2D eigenvalue weighted by atomic mass is 9.99. The molecule has 0 aliphatic heterocycles. The zero-order valence-electron chi connectivity index (χ0n) is 10.9. The minimum Gasteiger partial charge on any atom is -0.481 e. The Labute approximate surface area is 108 Å². The molecular formula is C13H18O4S.